The number of halogens is 3. The summed E-state index contributed by atoms with van der Waals surface area (Å²) in [7, 11) is -4.00. The summed E-state index contributed by atoms with van der Waals surface area (Å²) in [5, 5.41) is 32.0. The third kappa shape index (κ3) is 5.73. The van der Waals surface area contributed by atoms with Gasteiger partial charge in [0, 0.05) is 17.3 Å². The summed E-state index contributed by atoms with van der Waals surface area (Å²) in [6.45, 7) is 1.18. The number of aliphatic hydroxyl groups excluding tert-OH is 2. The van der Waals surface area contributed by atoms with E-state index in [-0.39, 0.29) is 59.1 Å². The molecule has 2 aromatic rings. The lowest BCUT2D eigenvalue weighted by Gasteiger charge is -2.42. The summed E-state index contributed by atoms with van der Waals surface area (Å²) in [6, 6.07) is 6.65. The van der Waals surface area contributed by atoms with Crippen LogP contribution in [-0.2, 0) is 14.6 Å². The van der Waals surface area contributed by atoms with Crippen LogP contribution in [0.5, 0.6) is 0 Å². The van der Waals surface area contributed by atoms with E-state index in [1.165, 1.54) is 25.1 Å². The van der Waals surface area contributed by atoms with Crippen LogP contribution in [0.15, 0.2) is 41.3 Å². The average molecular weight is 574 g/mol. The van der Waals surface area contributed by atoms with Crippen LogP contribution in [0.3, 0.4) is 0 Å². The van der Waals surface area contributed by atoms with Crippen molar-refractivity contribution in [2.75, 3.05) is 18.5 Å². The van der Waals surface area contributed by atoms with Crippen molar-refractivity contribution in [1.82, 2.24) is 0 Å². The Morgan fingerprint density at radius 1 is 1.13 bits per heavy atom. The molecular formula is C26H30ClF2NO7S. The Morgan fingerprint density at radius 3 is 2.39 bits per heavy atom. The molecule has 12 heteroatoms. The first-order valence-electron chi connectivity index (χ1n) is 12.3. The Morgan fingerprint density at radius 2 is 1.79 bits per heavy atom. The molecule has 8 nitrogen and oxygen atoms in total. The number of anilines is 1. The molecule has 2 aromatic carbocycles. The lowest BCUT2D eigenvalue weighted by molar-refractivity contribution is -0.129. The number of benzene rings is 2. The second-order valence-electron chi connectivity index (χ2n) is 10.2. The van der Waals surface area contributed by atoms with Crippen LogP contribution in [0.25, 0.3) is 0 Å². The number of amides is 1. The van der Waals surface area contributed by atoms with Gasteiger partial charge >= 0.3 is 0 Å². The highest BCUT2D eigenvalue weighted by molar-refractivity contribution is 7.92. The summed E-state index contributed by atoms with van der Waals surface area (Å²) in [6.07, 6.45) is -0.526. The van der Waals surface area contributed by atoms with Crippen molar-refractivity contribution in [2.24, 2.45) is 11.8 Å². The van der Waals surface area contributed by atoms with Gasteiger partial charge in [0.15, 0.2) is 21.5 Å². The standard InChI is InChI=1S/C26H30ClF2NO7S/c1-14(31)23(32)12-37-13-26(34)16-3-4-17(26)10-19(9-16)38(35,36)24-8-15(2-6-20(24)27)25(33)30-18-5-7-21(28)22(29)11-18/h2,5-8,11,14,16-17,19,23,31-32,34H,3-4,9-10,12-13H2,1H3,(H,30,33)/t14-,16?,17?,19-,23-,26-/m0/s1. The number of ether oxygens (including phenoxy) is 1. The van der Waals surface area contributed by atoms with Crippen molar-refractivity contribution in [2.45, 2.75) is 60.6 Å². The molecule has 4 N–H and O–H groups in total. The number of fused-ring (bicyclic) bond motifs is 2. The van der Waals surface area contributed by atoms with Crippen molar-refractivity contribution in [3.63, 3.8) is 0 Å². The third-order valence-corrected chi connectivity index (χ3v) is 10.3. The summed E-state index contributed by atoms with van der Waals surface area (Å²) in [5.41, 5.74) is -1.28. The molecule has 0 radical (unpaired) electrons. The van der Waals surface area contributed by atoms with Crippen LogP contribution in [0.2, 0.25) is 5.02 Å². The molecule has 38 heavy (non-hydrogen) atoms. The normalized spacial score (nSPS) is 26.7. The van der Waals surface area contributed by atoms with E-state index in [9.17, 15) is 37.3 Å². The van der Waals surface area contributed by atoms with Crippen molar-refractivity contribution in [1.29, 1.82) is 0 Å². The lowest BCUT2D eigenvalue weighted by Crippen LogP contribution is -2.51. The molecule has 2 unspecified atom stereocenters. The number of rotatable bonds is 9. The van der Waals surface area contributed by atoms with Gasteiger partial charge in [-0.15, -0.1) is 0 Å². The molecule has 2 aliphatic carbocycles. The monoisotopic (exact) mass is 573 g/mol. The van der Waals surface area contributed by atoms with Gasteiger partial charge in [0.05, 0.1) is 40.1 Å². The zero-order valence-electron chi connectivity index (χ0n) is 20.6. The van der Waals surface area contributed by atoms with Gasteiger partial charge in [0.2, 0.25) is 0 Å². The van der Waals surface area contributed by atoms with E-state index < -0.39 is 50.4 Å². The highest BCUT2D eigenvalue weighted by Gasteiger charge is 2.56. The van der Waals surface area contributed by atoms with Crippen LogP contribution < -0.4 is 5.32 Å². The molecule has 0 saturated heterocycles. The molecule has 208 valence electrons. The summed E-state index contributed by atoms with van der Waals surface area (Å²) >= 11 is 6.26. The van der Waals surface area contributed by atoms with E-state index in [0.29, 0.717) is 12.8 Å². The fourth-order valence-electron chi connectivity index (χ4n) is 5.40. The maximum atomic E-state index is 13.7. The van der Waals surface area contributed by atoms with Crippen molar-refractivity contribution in [3.05, 3.63) is 58.6 Å². The fraction of sp³-hybridized carbons (Fsp3) is 0.500. The quantitative estimate of drug-likeness (QED) is 0.362. The highest BCUT2D eigenvalue weighted by Crippen LogP contribution is 2.52. The molecule has 2 aliphatic rings. The fourth-order valence-corrected chi connectivity index (χ4v) is 7.80. The van der Waals surface area contributed by atoms with E-state index >= 15 is 0 Å². The number of aliphatic hydroxyl groups is 3. The van der Waals surface area contributed by atoms with Crippen LogP contribution in [0.1, 0.15) is 43.0 Å². The Hall–Kier alpha value is -2.15. The van der Waals surface area contributed by atoms with E-state index in [1.54, 1.807) is 0 Å². The molecule has 2 fully saturated rings. The van der Waals surface area contributed by atoms with Gasteiger partial charge in [-0.3, -0.25) is 4.79 Å². The number of carbonyl (C=O) groups is 1. The Kier molecular flexibility index (Phi) is 8.46. The molecule has 4 atom stereocenters. The minimum Gasteiger partial charge on any atom is -0.391 e. The van der Waals surface area contributed by atoms with Crippen molar-refractivity contribution < 1.29 is 42.0 Å². The van der Waals surface area contributed by atoms with Crippen LogP contribution >= 0.6 is 11.6 Å². The van der Waals surface area contributed by atoms with Crippen LogP contribution in [0, 0.1) is 23.5 Å². The minimum atomic E-state index is -4.00. The molecule has 0 heterocycles. The van der Waals surface area contributed by atoms with Crippen LogP contribution in [-0.4, -0.2) is 65.9 Å². The Bertz CT molecular complexity index is 1290. The van der Waals surface area contributed by atoms with Gasteiger partial charge in [-0.05, 0) is 74.8 Å². The minimum absolute atomic E-state index is 0.000387. The molecule has 0 spiro atoms. The molecular weight excluding hydrogens is 544 g/mol. The third-order valence-electron chi connectivity index (χ3n) is 7.67. The smallest absolute Gasteiger partial charge is 0.255 e. The van der Waals surface area contributed by atoms with Gasteiger partial charge in [-0.1, -0.05) is 11.6 Å². The van der Waals surface area contributed by atoms with Crippen molar-refractivity contribution in [3.8, 4) is 0 Å². The zero-order valence-corrected chi connectivity index (χ0v) is 22.2. The molecule has 2 saturated carbocycles. The SMILES string of the molecule is C[C@H](O)[C@@H](O)COC[C@]1(O)C2CCC1C[C@@H](S(=O)(=O)c1cc(C(=O)Nc3ccc(F)c(F)c3)ccc1Cl)C2. The predicted octanol–water partition coefficient (Wildman–Crippen LogP) is 3.32. The van der Waals surface area contributed by atoms with Crippen molar-refractivity contribution >= 4 is 33.0 Å². The number of carbonyl (C=O) groups excluding carboxylic acids is 1. The Labute approximate surface area is 224 Å². The first kappa shape index (κ1) is 28.8. The van der Waals surface area contributed by atoms with Gasteiger partial charge in [-0.2, -0.15) is 0 Å². The number of nitrogens with one attached hydrogen (secondary N) is 1. The number of hydrogen-bond acceptors (Lipinski definition) is 7. The summed E-state index contributed by atoms with van der Waals surface area (Å²) in [4.78, 5) is 12.5. The maximum absolute atomic E-state index is 13.7. The molecule has 0 aromatic heterocycles. The molecule has 2 bridgehead atoms. The number of sulfone groups is 1. The van der Waals surface area contributed by atoms with Gasteiger partial charge in [0.25, 0.3) is 5.91 Å². The van der Waals surface area contributed by atoms with E-state index in [0.717, 1.165) is 18.2 Å². The highest BCUT2D eigenvalue weighted by atomic mass is 35.5. The Balaban J connectivity index is 1.49. The van der Waals surface area contributed by atoms with Gasteiger partial charge in [-0.25, -0.2) is 17.2 Å². The topological polar surface area (TPSA) is 133 Å². The van der Waals surface area contributed by atoms with E-state index in [4.69, 9.17) is 16.3 Å². The van der Waals surface area contributed by atoms with E-state index in [2.05, 4.69) is 5.32 Å². The van der Waals surface area contributed by atoms with E-state index in [1.807, 2.05) is 0 Å². The molecule has 1 amide bonds. The largest absolute Gasteiger partial charge is 0.391 e. The average Bonchev–Trinajstić information content (AvgIpc) is 3.02. The summed E-state index contributed by atoms with van der Waals surface area (Å²) < 4.78 is 59.5. The molecule has 0 aliphatic heterocycles. The predicted molar refractivity (Wildman–Crippen MR) is 136 cm³/mol. The first-order chi connectivity index (χ1) is 17.8. The zero-order chi connectivity index (χ0) is 27.8. The van der Waals surface area contributed by atoms with Gasteiger partial charge < -0.3 is 25.4 Å². The summed E-state index contributed by atoms with van der Waals surface area (Å²) in [5.74, 6) is -3.65. The van der Waals surface area contributed by atoms with Gasteiger partial charge in [0.1, 0.15) is 6.10 Å². The van der Waals surface area contributed by atoms with Crippen LogP contribution in [0.4, 0.5) is 14.5 Å². The maximum Gasteiger partial charge on any atom is 0.255 e. The second-order valence-corrected chi connectivity index (χ2v) is 12.8. The first-order valence-corrected chi connectivity index (χ1v) is 14.2. The number of hydrogen-bond donors (Lipinski definition) is 4. The second kappa shape index (κ2) is 11.1. The molecule has 4 rings (SSSR count). The lowest BCUT2D eigenvalue weighted by atomic mass is 9.75.